The Balaban J connectivity index is 2.42. The minimum atomic E-state index is -0.186. The number of hydrogen-bond donors (Lipinski definition) is 1. The van der Waals surface area contributed by atoms with Gasteiger partial charge >= 0.3 is 5.97 Å². The van der Waals surface area contributed by atoms with E-state index < -0.39 is 0 Å². The fourth-order valence-electron chi connectivity index (χ4n) is 3.06. The van der Waals surface area contributed by atoms with Gasteiger partial charge in [-0.25, -0.2) is 0 Å². The van der Waals surface area contributed by atoms with Crippen molar-refractivity contribution in [3.63, 3.8) is 0 Å². The van der Waals surface area contributed by atoms with Gasteiger partial charge in [0.15, 0.2) is 0 Å². The molecule has 1 rings (SSSR count). The zero-order valence-electron chi connectivity index (χ0n) is 14.4. The van der Waals surface area contributed by atoms with Gasteiger partial charge in [-0.15, -0.1) is 0 Å². The molecule has 0 aliphatic heterocycles. The van der Waals surface area contributed by atoms with E-state index in [4.69, 9.17) is 4.74 Å². The van der Waals surface area contributed by atoms with E-state index in [0.717, 1.165) is 26.1 Å². The molecule has 1 aliphatic rings. The Hall–Kier alpha value is -0.650. The lowest BCUT2D eigenvalue weighted by atomic mass is 9.75. The quantitative estimate of drug-likeness (QED) is 0.617. The average molecular weight is 299 g/mol. The zero-order chi connectivity index (χ0) is 15.9. The first-order chi connectivity index (χ1) is 9.95. The molecule has 0 saturated heterocycles. The van der Waals surface area contributed by atoms with Crippen molar-refractivity contribution in [2.24, 2.45) is 0 Å². The molecule has 0 amide bonds. The molecule has 0 spiro atoms. The Morgan fingerprint density at radius 1 is 1.29 bits per heavy atom. The molecule has 1 atom stereocenters. The number of hydrogen-bond acceptors (Lipinski definition) is 5. The predicted molar refractivity (Wildman–Crippen MR) is 86.5 cm³/mol. The summed E-state index contributed by atoms with van der Waals surface area (Å²) in [7, 11) is 6.50. The summed E-state index contributed by atoms with van der Waals surface area (Å²) in [6.07, 6.45) is 4.68. The van der Waals surface area contributed by atoms with E-state index in [1.807, 2.05) is 13.8 Å². The summed E-state index contributed by atoms with van der Waals surface area (Å²) in [6.45, 7) is 7.08. The highest BCUT2D eigenvalue weighted by Crippen LogP contribution is 2.36. The summed E-state index contributed by atoms with van der Waals surface area (Å²) in [5, 5.41) is 3.22. The number of carbonyl (C=O) groups excluding carboxylic acids is 1. The van der Waals surface area contributed by atoms with E-state index in [1.165, 1.54) is 19.3 Å². The van der Waals surface area contributed by atoms with Crippen LogP contribution in [0.4, 0.5) is 0 Å². The number of likely N-dealkylation sites (N-methyl/N-ethyl adjacent to an activating group) is 3. The molecular weight excluding hydrogens is 266 g/mol. The molecule has 5 heteroatoms. The summed E-state index contributed by atoms with van der Waals surface area (Å²) in [6, 6.07) is -0.186. The number of nitrogens with zero attached hydrogens (tertiary/aromatic N) is 2. The van der Waals surface area contributed by atoms with Crippen molar-refractivity contribution < 1.29 is 9.53 Å². The van der Waals surface area contributed by atoms with Gasteiger partial charge in [0.25, 0.3) is 0 Å². The molecule has 0 bridgehead atoms. The first-order valence-corrected chi connectivity index (χ1v) is 8.21. The molecule has 1 saturated carbocycles. The molecule has 0 aromatic heterocycles. The fraction of sp³-hybridized carbons (Fsp3) is 0.938. The van der Waals surface area contributed by atoms with Gasteiger partial charge in [0.1, 0.15) is 6.04 Å². The third-order valence-electron chi connectivity index (χ3n) is 4.62. The summed E-state index contributed by atoms with van der Waals surface area (Å²) in [5.41, 5.74) is 0.340. The lowest BCUT2D eigenvalue weighted by molar-refractivity contribution is -0.145. The van der Waals surface area contributed by atoms with Gasteiger partial charge in [-0.2, -0.15) is 0 Å². The van der Waals surface area contributed by atoms with Crippen molar-refractivity contribution in [2.75, 3.05) is 47.4 Å². The van der Waals surface area contributed by atoms with Gasteiger partial charge in [-0.3, -0.25) is 4.79 Å². The van der Waals surface area contributed by atoms with Crippen LogP contribution in [0.15, 0.2) is 0 Å². The van der Waals surface area contributed by atoms with E-state index >= 15 is 0 Å². The first kappa shape index (κ1) is 18.4. The average Bonchev–Trinajstić information content (AvgIpc) is 2.38. The van der Waals surface area contributed by atoms with Gasteiger partial charge in [0.2, 0.25) is 0 Å². The van der Waals surface area contributed by atoms with Crippen LogP contribution < -0.4 is 5.32 Å². The van der Waals surface area contributed by atoms with Crippen LogP contribution in [-0.4, -0.2) is 74.7 Å². The van der Waals surface area contributed by atoms with Crippen LogP contribution >= 0.6 is 0 Å². The molecular formula is C16H33N3O2. The Labute approximate surface area is 130 Å². The molecule has 0 aromatic carbocycles. The van der Waals surface area contributed by atoms with E-state index in [0.29, 0.717) is 12.1 Å². The molecule has 124 valence electrons. The van der Waals surface area contributed by atoms with Crippen LogP contribution in [0.1, 0.15) is 39.5 Å². The van der Waals surface area contributed by atoms with Gasteiger partial charge in [-0.1, -0.05) is 6.92 Å². The molecule has 5 nitrogen and oxygen atoms in total. The second-order valence-electron chi connectivity index (χ2n) is 6.36. The Morgan fingerprint density at radius 3 is 2.38 bits per heavy atom. The van der Waals surface area contributed by atoms with Crippen LogP contribution in [0.3, 0.4) is 0 Å². The number of esters is 1. The van der Waals surface area contributed by atoms with Crippen LogP contribution in [-0.2, 0) is 9.53 Å². The van der Waals surface area contributed by atoms with E-state index in [9.17, 15) is 4.79 Å². The van der Waals surface area contributed by atoms with E-state index in [1.54, 1.807) is 0 Å². The Bertz CT molecular complexity index is 317. The number of nitrogens with one attached hydrogen (secondary N) is 1. The van der Waals surface area contributed by atoms with Crippen molar-refractivity contribution in [3.05, 3.63) is 0 Å². The molecule has 0 heterocycles. The molecule has 1 fully saturated rings. The molecule has 1 N–H and O–H groups in total. The summed E-state index contributed by atoms with van der Waals surface area (Å²) in [5.74, 6) is -0.126. The van der Waals surface area contributed by atoms with Crippen molar-refractivity contribution in [1.29, 1.82) is 0 Å². The molecule has 21 heavy (non-hydrogen) atoms. The zero-order valence-corrected chi connectivity index (χ0v) is 14.4. The van der Waals surface area contributed by atoms with Crippen LogP contribution in [0.5, 0.6) is 0 Å². The molecule has 1 unspecified atom stereocenters. The highest BCUT2D eigenvalue weighted by atomic mass is 16.5. The van der Waals surface area contributed by atoms with Crippen molar-refractivity contribution in [2.45, 2.75) is 51.1 Å². The third kappa shape index (κ3) is 5.24. The SMILES string of the molecule is CCNC(CCN(C)CC1(N(C)C)CCC1)C(=O)OCC. The standard InChI is InChI=1S/C16H33N3O2/c1-6-17-14(15(20)21-7-2)9-12-19(5)13-16(18(3)4)10-8-11-16/h14,17H,6-13H2,1-5H3. The predicted octanol–water partition coefficient (Wildman–Crippen LogP) is 1.33. The van der Waals surface area contributed by atoms with Crippen LogP contribution in [0.25, 0.3) is 0 Å². The monoisotopic (exact) mass is 299 g/mol. The van der Waals surface area contributed by atoms with Gasteiger partial charge < -0.3 is 19.9 Å². The lowest BCUT2D eigenvalue weighted by Crippen LogP contribution is -2.57. The van der Waals surface area contributed by atoms with Gasteiger partial charge in [-0.05, 0) is 66.8 Å². The molecule has 1 aliphatic carbocycles. The van der Waals surface area contributed by atoms with Gasteiger partial charge in [0, 0.05) is 12.1 Å². The normalized spacial score (nSPS) is 18.6. The highest BCUT2D eigenvalue weighted by Gasteiger charge is 2.39. The summed E-state index contributed by atoms with van der Waals surface area (Å²) < 4.78 is 5.13. The van der Waals surface area contributed by atoms with E-state index in [2.05, 4.69) is 36.3 Å². The second kappa shape index (κ2) is 8.71. The maximum atomic E-state index is 11.9. The lowest BCUT2D eigenvalue weighted by Gasteiger charge is -2.49. The fourth-order valence-corrected chi connectivity index (χ4v) is 3.06. The highest BCUT2D eigenvalue weighted by molar-refractivity contribution is 5.75. The largest absolute Gasteiger partial charge is 0.465 e. The number of ether oxygens (including phenoxy) is 1. The number of carbonyl (C=O) groups is 1. The summed E-state index contributed by atoms with van der Waals surface area (Å²) in [4.78, 5) is 16.6. The summed E-state index contributed by atoms with van der Waals surface area (Å²) >= 11 is 0. The van der Waals surface area contributed by atoms with Gasteiger partial charge in [0.05, 0.1) is 6.61 Å². The Kier molecular flexibility index (Phi) is 7.63. The minimum Gasteiger partial charge on any atom is -0.465 e. The molecule has 0 radical (unpaired) electrons. The number of rotatable bonds is 10. The maximum absolute atomic E-state index is 11.9. The first-order valence-electron chi connectivity index (χ1n) is 8.21. The third-order valence-corrected chi connectivity index (χ3v) is 4.62. The Morgan fingerprint density at radius 2 is 1.95 bits per heavy atom. The van der Waals surface area contributed by atoms with E-state index in [-0.39, 0.29) is 12.0 Å². The molecule has 0 aromatic rings. The van der Waals surface area contributed by atoms with Crippen LogP contribution in [0, 0.1) is 0 Å². The second-order valence-corrected chi connectivity index (χ2v) is 6.36. The van der Waals surface area contributed by atoms with Crippen molar-refractivity contribution >= 4 is 5.97 Å². The maximum Gasteiger partial charge on any atom is 0.323 e. The van der Waals surface area contributed by atoms with Crippen molar-refractivity contribution in [1.82, 2.24) is 15.1 Å². The minimum absolute atomic E-state index is 0.126. The smallest absolute Gasteiger partial charge is 0.323 e. The van der Waals surface area contributed by atoms with Crippen molar-refractivity contribution in [3.8, 4) is 0 Å². The van der Waals surface area contributed by atoms with Crippen LogP contribution in [0.2, 0.25) is 0 Å². The topological polar surface area (TPSA) is 44.8 Å².